The Bertz CT molecular complexity index is 800. The van der Waals surface area contributed by atoms with Crippen molar-refractivity contribution in [2.75, 3.05) is 0 Å². The van der Waals surface area contributed by atoms with Gasteiger partial charge in [0.2, 0.25) is 0 Å². The van der Waals surface area contributed by atoms with Crippen LogP contribution in [0.25, 0.3) is 0 Å². The third-order valence-corrected chi connectivity index (χ3v) is 15.6. The summed E-state index contributed by atoms with van der Waals surface area (Å²) in [4.78, 5) is 0. The summed E-state index contributed by atoms with van der Waals surface area (Å²) >= 11 is -0.0183. The number of benzene rings is 1. The molecule has 0 aliphatic heterocycles. The third-order valence-electron chi connectivity index (χ3n) is 11.9. The SMILES string of the molecule is CC(C)CCC[C@@H](C)[C@H]1CC[C@H]2[C@@H]3CCC4C[C@@H]([Te]c5ccccc5)CC[C@]4(C)[C@H]3CC[C@]12C. The zero-order valence-electron chi connectivity index (χ0n) is 22.9. The van der Waals surface area contributed by atoms with Crippen LogP contribution >= 0.6 is 0 Å². The first kappa shape index (κ1) is 25.7. The topological polar surface area (TPSA) is 0 Å². The van der Waals surface area contributed by atoms with Crippen LogP contribution in [-0.4, -0.2) is 20.9 Å². The Kier molecular flexibility index (Phi) is 7.85. The van der Waals surface area contributed by atoms with Crippen molar-refractivity contribution in [2.24, 2.45) is 52.3 Å². The molecule has 0 aromatic heterocycles. The van der Waals surface area contributed by atoms with Gasteiger partial charge in [-0.1, -0.05) is 20.3 Å². The monoisotopic (exact) mass is 578 g/mol. The van der Waals surface area contributed by atoms with Crippen molar-refractivity contribution < 1.29 is 0 Å². The van der Waals surface area contributed by atoms with E-state index in [-0.39, 0.29) is 20.9 Å². The van der Waals surface area contributed by atoms with E-state index in [1.54, 1.807) is 48.6 Å². The molecule has 0 nitrogen and oxygen atoms in total. The molecular weight excluding hydrogens is 524 g/mol. The quantitative estimate of drug-likeness (QED) is 0.285. The number of rotatable bonds is 7. The molecule has 4 saturated carbocycles. The molecule has 0 bridgehead atoms. The average Bonchev–Trinajstić information content (AvgIpc) is 3.17. The van der Waals surface area contributed by atoms with E-state index in [0.717, 1.165) is 45.4 Å². The van der Waals surface area contributed by atoms with Crippen molar-refractivity contribution in [1.29, 1.82) is 0 Å². The predicted molar refractivity (Wildman–Crippen MR) is 149 cm³/mol. The average molecular weight is 576 g/mol. The molecule has 9 atom stereocenters. The van der Waals surface area contributed by atoms with Gasteiger partial charge in [-0.05, 0) is 5.92 Å². The summed E-state index contributed by atoms with van der Waals surface area (Å²) in [5, 5.41) is 0. The summed E-state index contributed by atoms with van der Waals surface area (Å²) in [6.45, 7) is 13.0. The van der Waals surface area contributed by atoms with Gasteiger partial charge in [-0.15, -0.1) is 0 Å². The fourth-order valence-corrected chi connectivity index (χ4v) is 13.6. The molecule has 190 valence electrons. The second-order valence-electron chi connectivity index (χ2n) is 14.0. The zero-order chi connectivity index (χ0) is 23.9. The summed E-state index contributed by atoms with van der Waals surface area (Å²) in [5.41, 5.74) is 1.31. The summed E-state index contributed by atoms with van der Waals surface area (Å²) in [6, 6.07) is 11.5. The van der Waals surface area contributed by atoms with Gasteiger partial charge < -0.3 is 0 Å². The molecule has 5 rings (SSSR count). The first-order chi connectivity index (χ1) is 16.3. The van der Waals surface area contributed by atoms with Crippen LogP contribution in [0.4, 0.5) is 0 Å². The van der Waals surface area contributed by atoms with Gasteiger partial charge in [0.1, 0.15) is 0 Å². The maximum atomic E-state index is 2.78. The van der Waals surface area contributed by atoms with E-state index in [1.165, 1.54) is 32.1 Å². The van der Waals surface area contributed by atoms with E-state index < -0.39 is 0 Å². The van der Waals surface area contributed by atoms with Crippen LogP contribution in [0.2, 0.25) is 3.97 Å². The van der Waals surface area contributed by atoms with E-state index >= 15 is 0 Å². The van der Waals surface area contributed by atoms with Crippen molar-refractivity contribution in [3.05, 3.63) is 30.3 Å². The minimum atomic E-state index is -0.0183. The van der Waals surface area contributed by atoms with Crippen LogP contribution in [0.15, 0.2) is 30.3 Å². The van der Waals surface area contributed by atoms with Gasteiger partial charge in [0.05, 0.1) is 0 Å². The van der Waals surface area contributed by atoms with Gasteiger partial charge in [0.15, 0.2) is 0 Å². The van der Waals surface area contributed by atoms with E-state index in [1.807, 2.05) is 0 Å². The Morgan fingerprint density at radius 2 is 1.56 bits per heavy atom. The molecule has 34 heavy (non-hydrogen) atoms. The van der Waals surface area contributed by atoms with Crippen LogP contribution in [0.1, 0.15) is 112 Å². The molecule has 0 amide bonds. The summed E-state index contributed by atoms with van der Waals surface area (Å²) in [7, 11) is 0. The molecule has 0 heterocycles. The van der Waals surface area contributed by atoms with Gasteiger partial charge in [0.25, 0.3) is 0 Å². The van der Waals surface area contributed by atoms with Crippen molar-refractivity contribution in [3.63, 3.8) is 0 Å². The van der Waals surface area contributed by atoms with Gasteiger partial charge in [0, 0.05) is 0 Å². The summed E-state index contributed by atoms with van der Waals surface area (Å²) < 4.78 is 2.75. The molecule has 4 aliphatic carbocycles. The summed E-state index contributed by atoms with van der Waals surface area (Å²) in [6.07, 6.45) is 18.3. The number of hydrogen-bond donors (Lipinski definition) is 0. The molecule has 4 fully saturated rings. The van der Waals surface area contributed by atoms with Crippen LogP contribution in [-0.2, 0) is 0 Å². The Hall–Kier alpha value is 0.00961. The second kappa shape index (κ2) is 10.4. The first-order valence-electron chi connectivity index (χ1n) is 15.0. The van der Waals surface area contributed by atoms with Gasteiger partial charge >= 0.3 is 197 Å². The molecule has 1 aromatic rings. The molecule has 1 aromatic carbocycles. The van der Waals surface area contributed by atoms with Gasteiger partial charge in [-0.25, -0.2) is 0 Å². The van der Waals surface area contributed by atoms with Crippen LogP contribution in [0, 0.1) is 52.3 Å². The van der Waals surface area contributed by atoms with E-state index in [2.05, 4.69) is 65.0 Å². The number of fused-ring (bicyclic) bond motifs is 5. The second-order valence-corrected chi connectivity index (χ2v) is 17.9. The van der Waals surface area contributed by atoms with E-state index in [0.29, 0.717) is 10.8 Å². The fraction of sp³-hybridized carbons (Fsp3) is 0.818. The number of hydrogen-bond acceptors (Lipinski definition) is 0. The van der Waals surface area contributed by atoms with Crippen molar-refractivity contribution in [2.45, 2.75) is 116 Å². The standard InChI is InChI=1S/C33H52Te/c1-23(2)10-9-11-24(3)29-16-17-30-28-15-14-25-22-27(34-26-12-7-6-8-13-26)18-20-32(25,4)31(28)19-21-33(29,30)5/h6-8,12-13,23-25,27-31H,9-11,14-22H2,1-5H3/t24-,25?,27+,28+,29-,30+,31+,32+,33-/m1/s1. The molecule has 1 heteroatoms. The predicted octanol–water partition coefficient (Wildman–Crippen LogP) is 8.93. The van der Waals surface area contributed by atoms with Gasteiger partial charge in [-0.3, -0.25) is 0 Å². The van der Waals surface area contributed by atoms with Crippen molar-refractivity contribution in [3.8, 4) is 0 Å². The van der Waals surface area contributed by atoms with Crippen molar-refractivity contribution >= 4 is 24.5 Å². The molecule has 0 radical (unpaired) electrons. The van der Waals surface area contributed by atoms with Gasteiger partial charge in [-0.2, -0.15) is 0 Å². The fourth-order valence-electron chi connectivity index (χ4n) is 10.0. The maximum absolute atomic E-state index is 2.78. The van der Waals surface area contributed by atoms with Crippen LogP contribution < -0.4 is 3.61 Å². The zero-order valence-corrected chi connectivity index (χ0v) is 25.2. The van der Waals surface area contributed by atoms with E-state index in [9.17, 15) is 0 Å². The third kappa shape index (κ3) is 4.81. The van der Waals surface area contributed by atoms with E-state index in [4.69, 9.17) is 0 Å². The Morgan fingerprint density at radius 3 is 2.32 bits per heavy atom. The molecule has 0 saturated heterocycles. The van der Waals surface area contributed by atoms with Crippen molar-refractivity contribution in [1.82, 2.24) is 0 Å². The molecule has 0 N–H and O–H groups in total. The summed E-state index contributed by atoms with van der Waals surface area (Å²) in [5.74, 6) is 6.97. The Balaban J connectivity index is 1.24. The Morgan fingerprint density at radius 1 is 0.824 bits per heavy atom. The molecular formula is C33H52Te. The minimum absolute atomic E-state index is 0.0183. The Labute approximate surface area is 221 Å². The van der Waals surface area contributed by atoms with Crippen LogP contribution in [0.3, 0.4) is 0 Å². The van der Waals surface area contributed by atoms with Crippen LogP contribution in [0.5, 0.6) is 0 Å². The molecule has 4 aliphatic rings. The molecule has 0 spiro atoms. The molecule has 1 unspecified atom stereocenters. The normalized spacial score (nSPS) is 42.6. The first-order valence-corrected chi connectivity index (χ1v) is 17.5.